The van der Waals surface area contributed by atoms with Gasteiger partial charge in [-0.25, -0.2) is 0 Å². The second-order valence-corrected chi connectivity index (χ2v) is 5.50. The Labute approximate surface area is 84.9 Å². The van der Waals surface area contributed by atoms with Gasteiger partial charge in [0.25, 0.3) is 0 Å². The third kappa shape index (κ3) is 0.749. The normalized spacial score (nSPS) is 49.4. The SMILES string of the molecule is CC1=C[C@@]2(C)CC(=O)[C@@]13CC=C[C@H]3C2. The summed E-state index contributed by atoms with van der Waals surface area (Å²) in [6, 6.07) is 0. The van der Waals surface area contributed by atoms with E-state index in [4.69, 9.17) is 0 Å². The Morgan fingerprint density at radius 2 is 2.29 bits per heavy atom. The summed E-state index contributed by atoms with van der Waals surface area (Å²) in [5.74, 6) is 0.986. The van der Waals surface area contributed by atoms with Crippen LogP contribution in [0.2, 0.25) is 0 Å². The highest BCUT2D eigenvalue weighted by Crippen LogP contribution is 2.61. The fourth-order valence-electron chi connectivity index (χ4n) is 3.83. The number of fused-ring (bicyclic) bond motifs is 1. The predicted molar refractivity (Wildman–Crippen MR) is 55.8 cm³/mol. The fraction of sp³-hybridized carbons (Fsp3) is 0.615. The second-order valence-electron chi connectivity index (χ2n) is 5.50. The Balaban J connectivity index is 2.22. The third-order valence-corrected chi connectivity index (χ3v) is 4.46. The first-order chi connectivity index (χ1) is 6.57. The summed E-state index contributed by atoms with van der Waals surface area (Å²) < 4.78 is 0. The van der Waals surface area contributed by atoms with E-state index in [-0.39, 0.29) is 10.8 Å². The number of carbonyl (C=O) groups is 1. The summed E-state index contributed by atoms with van der Waals surface area (Å²) in [7, 11) is 0. The number of ketones is 1. The van der Waals surface area contributed by atoms with E-state index in [1.165, 1.54) is 12.0 Å². The van der Waals surface area contributed by atoms with Gasteiger partial charge in [-0.2, -0.15) is 0 Å². The molecule has 1 fully saturated rings. The number of hydrogen-bond donors (Lipinski definition) is 0. The van der Waals surface area contributed by atoms with Crippen LogP contribution >= 0.6 is 0 Å². The van der Waals surface area contributed by atoms with Gasteiger partial charge in [-0.05, 0) is 31.1 Å². The summed E-state index contributed by atoms with van der Waals surface area (Å²) in [4.78, 5) is 12.2. The lowest BCUT2D eigenvalue weighted by Gasteiger charge is -2.51. The molecule has 3 atom stereocenters. The minimum absolute atomic E-state index is 0.0994. The summed E-state index contributed by atoms with van der Waals surface area (Å²) >= 11 is 0. The van der Waals surface area contributed by atoms with Gasteiger partial charge in [0.2, 0.25) is 0 Å². The molecule has 1 spiro atoms. The van der Waals surface area contributed by atoms with Crippen molar-refractivity contribution in [3.63, 3.8) is 0 Å². The van der Waals surface area contributed by atoms with Gasteiger partial charge in [-0.1, -0.05) is 30.7 Å². The van der Waals surface area contributed by atoms with Gasteiger partial charge in [-0.15, -0.1) is 0 Å². The quantitative estimate of drug-likeness (QED) is 0.534. The van der Waals surface area contributed by atoms with Crippen LogP contribution in [-0.2, 0) is 4.79 Å². The molecule has 1 heteroatoms. The molecule has 4 rings (SSSR count). The maximum atomic E-state index is 12.2. The highest BCUT2D eigenvalue weighted by molar-refractivity contribution is 5.92. The van der Waals surface area contributed by atoms with E-state index < -0.39 is 0 Å². The Morgan fingerprint density at radius 1 is 1.50 bits per heavy atom. The van der Waals surface area contributed by atoms with Crippen molar-refractivity contribution >= 4 is 5.78 Å². The molecule has 0 aliphatic heterocycles. The van der Waals surface area contributed by atoms with Crippen molar-refractivity contribution < 1.29 is 4.79 Å². The maximum absolute atomic E-state index is 12.2. The van der Waals surface area contributed by atoms with Gasteiger partial charge in [-0.3, -0.25) is 4.79 Å². The molecule has 1 nitrogen and oxygen atoms in total. The Bertz CT molecular complexity index is 377. The van der Waals surface area contributed by atoms with Crippen molar-refractivity contribution in [3.8, 4) is 0 Å². The van der Waals surface area contributed by atoms with Gasteiger partial charge in [0.15, 0.2) is 0 Å². The van der Waals surface area contributed by atoms with Crippen LogP contribution in [0.15, 0.2) is 23.8 Å². The first-order valence-electron chi connectivity index (χ1n) is 5.47. The topological polar surface area (TPSA) is 17.1 Å². The maximum Gasteiger partial charge on any atom is 0.144 e. The van der Waals surface area contributed by atoms with Crippen LogP contribution in [0.4, 0.5) is 0 Å². The zero-order chi connectivity index (χ0) is 9.97. The van der Waals surface area contributed by atoms with Crippen LogP contribution < -0.4 is 0 Å². The van der Waals surface area contributed by atoms with Crippen molar-refractivity contribution in [1.82, 2.24) is 0 Å². The second kappa shape index (κ2) is 2.21. The molecule has 0 aromatic rings. The van der Waals surface area contributed by atoms with E-state index in [1.54, 1.807) is 0 Å². The molecule has 0 saturated heterocycles. The number of hydrogen-bond acceptors (Lipinski definition) is 1. The van der Waals surface area contributed by atoms with Crippen LogP contribution in [0.1, 0.15) is 33.1 Å². The number of rotatable bonds is 0. The minimum Gasteiger partial charge on any atom is -0.299 e. The average Bonchev–Trinajstić information content (AvgIpc) is 2.46. The summed E-state index contributed by atoms with van der Waals surface area (Å²) in [6.45, 7) is 4.37. The van der Waals surface area contributed by atoms with Gasteiger partial charge < -0.3 is 0 Å². The molecule has 1 saturated carbocycles. The monoisotopic (exact) mass is 188 g/mol. The molecule has 0 aromatic carbocycles. The molecule has 4 aliphatic carbocycles. The summed E-state index contributed by atoms with van der Waals surface area (Å²) in [5.41, 5.74) is 1.39. The van der Waals surface area contributed by atoms with Crippen LogP contribution in [0, 0.1) is 16.7 Å². The predicted octanol–water partition coefficient (Wildman–Crippen LogP) is 2.88. The number of allylic oxidation sites excluding steroid dienone is 4. The van der Waals surface area contributed by atoms with E-state index in [9.17, 15) is 4.79 Å². The first-order valence-corrected chi connectivity index (χ1v) is 5.47. The molecule has 2 bridgehead atoms. The molecule has 0 N–H and O–H groups in total. The summed E-state index contributed by atoms with van der Waals surface area (Å²) in [6.07, 6.45) is 9.73. The van der Waals surface area contributed by atoms with Crippen molar-refractivity contribution in [2.24, 2.45) is 16.7 Å². The molecule has 14 heavy (non-hydrogen) atoms. The lowest BCUT2D eigenvalue weighted by molar-refractivity contribution is -0.135. The van der Waals surface area contributed by atoms with Gasteiger partial charge in [0.05, 0.1) is 5.41 Å². The first kappa shape index (κ1) is 8.46. The minimum atomic E-state index is -0.0994. The average molecular weight is 188 g/mol. The molecular weight excluding hydrogens is 172 g/mol. The standard InChI is InChI=1S/C13H16O/c1-9-6-12(2)7-10-4-3-5-13(9,10)11(14)8-12/h3-4,6,10H,5,7-8H2,1-2H3/t10-,12+,13-/m0/s1. The molecule has 0 radical (unpaired) electrons. The van der Waals surface area contributed by atoms with Crippen molar-refractivity contribution in [2.75, 3.05) is 0 Å². The van der Waals surface area contributed by atoms with Crippen molar-refractivity contribution in [3.05, 3.63) is 23.8 Å². The molecule has 0 heterocycles. The van der Waals surface area contributed by atoms with Crippen LogP contribution in [0.3, 0.4) is 0 Å². The summed E-state index contributed by atoms with van der Waals surface area (Å²) in [5, 5.41) is 0. The molecule has 0 unspecified atom stereocenters. The van der Waals surface area contributed by atoms with E-state index in [2.05, 4.69) is 32.1 Å². The van der Waals surface area contributed by atoms with E-state index in [1.807, 2.05) is 0 Å². The van der Waals surface area contributed by atoms with E-state index >= 15 is 0 Å². The van der Waals surface area contributed by atoms with Crippen LogP contribution in [0.25, 0.3) is 0 Å². The third-order valence-electron chi connectivity index (χ3n) is 4.46. The highest BCUT2D eigenvalue weighted by atomic mass is 16.1. The zero-order valence-electron chi connectivity index (χ0n) is 8.84. The van der Waals surface area contributed by atoms with Crippen molar-refractivity contribution in [1.29, 1.82) is 0 Å². The van der Waals surface area contributed by atoms with Gasteiger partial charge in [0.1, 0.15) is 5.78 Å². The lowest BCUT2D eigenvalue weighted by atomic mass is 9.51. The zero-order valence-corrected chi connectivity index (χ0v) is 8.84. The van der Waals surface area contributed by atoms with Crippen molar-refractivity contribution in [2.45, 2.75) is 33.1 Å². The van der Waals surface area contributed by atoms with E-state index in [0.717, 1.165) is 12.8 Å². The lowest BCUT2D eigenvalue weighted by Crippen LogP contribution is -2.49. The fourth-order valence-corrected chi connectivity index (χ4v) is 3.83. The number of Topliss-reactive ketones (excluding diaryl/α,β-unsaturated/α-hetero) is 1. The Hall–Kier alpha value is -0.850. The Morgan fingerprint density at radius 3 is 3.00 bits per heavy atom. The molecule has 74 valence electrons. The molecular formula is C13H16O. The molecule has 4 aliphatic rings. The molecule has 0 aromatic heterocycles. The highest BCUT2D eigenvalue weighted by Gasteiger charge is 2.57. The number of carbonyl (C=O) groups excluding carboxylic acids is 1. The largest absolute Gasteiger partial charge is 0.299 e. The van der Waals surface area contributed by atoms with E-state index in [0.29, 0.717) is 11.7 Å². The van der Waals surface area contributed by atoms with Crippen LogP contribution in [0.5, 0.6) is 0 Å². The smallest absolute Gasteiger partial charge is 0.144 e. The van der Waals surface area contributed by atoms with Gasteiger partial charge in [0, 0.05) is 6.42 Å². The Kier molecular flexibility index (Phi) is 1.33. The molecule has 0 amide bonds. The van der Waals surface area contributed by atoms with Crippen LogP contribution in [-0.4, -0.2) is 5.78 Å². The van der Waals surface area contributed by atoms with Gasteiger partial charge >= 0.3 is 0 Å².